The number of alkyl halides is 6. The first-order chi connectivity index (χ1) is 15.9. The number of carboxylic acid groups (broad SMARTS) is 1. The van der Waals surface area contributed by atoms with Crippen molar-refractivity contribution in [2.75, 3.05) is 15.7 Å². The number of aryl methyl sites for hydroxylation is 1. The zero-order valence-corrected chi connectivity index (χ0v) is 19.0. The maximum atomic E-state index is 13.7. The fourth-order valence-corrected chi connectivity index (χ4v) is 5.27. The molecule has 1 heterocycles. The molecule has 0 radical (unpaired) electrons. The lowest BCUT2D eigenvalue weighted by molar-refractivity contribution is -0.254. The van der Waals surface area contributed by atoms with Crippen LogP contribution in [0.4, 0.5) is 46.9 Å². The average Bonchev–Trinajstić information content (AvgIpc) is 2.71. The van der Waals surface area contributed by atoms with Gasteiger partial charge in [-0.25, -0.2) is 12.8 Å². The summed E-state index contributed by atoms with van der Waals surface area (Å²) in [5, 5.41) is 11.7. The second-order valence-corrected chi connectivity index (χ2v) is 10.2. The molecule has 1 aliphatic heterocycles. The Kier molecular flexibility index (Phi) is 6.51. The number of hydrogen-bond donors (Lipinski definition) is 0. The lowest BCUT2D eigenvalue weighted by atomic mass is 9.99. The van der Waals surface area contributed by atoms with Gasteiger partial charge in [0.15, 0.2) is 0 Å². The highest BCUT2D eigenvalue weighted by molar-refractivity contribution is 7.92. The van der Waals surface area contributed by atoms with Crippen molar-refractivity contribution in [1.29, 1.82) is 0 Å². The van der Waals surface area contributed by atoms with Crippen LogP contribution in [0.15, 0.2) is 41.3 Å². The molecule has 0 aliphatic carbocycles. The third-order valence-corrected chi connectivity index (χ3v) is 7.48. The normalized spacial score (nSPS) is 15.1. The molecule has 2 aromatic carbocycles. The lowest BCUT2D eigenvalue weighted by Gasteiger charge is -2.42. The zero-order chi connectivity index (χ0) is 26.6. The van der Waals surface area contributed by atoms with E-state index >= 15 is 0 Å². The highest BCUT2D eigenvalue weighted by atomic mass is 32.2. The van der Waals surface area contributed by atoms with Gasteiger partial charge >= 0.3 is 12.4 Å². The predicted octanol–water partition coefficient (Wildman–Crippen LogP) is 4.48. The quantitative estimate of drug-likeness (QED) is 0.550. The molecular weight excluding hydrogens is 509 g/mol. The Morgan fingerprint density at radius 3 is 2.20 bits per heavy atom. The summed E-state index contributed by atoms with van der Waals surface area (Å²) in [6.07, 6.45) is -11.9. The molecule has 0 unspecified atom stereocenters. The molecule has 0 fully saturated rings. The van der Waals surface area contributed by atoms with E-state index in [2.05, 4.69) is 0 Å². The molecule has 3 rings (SSSR count). The molecule has 0 N–H and O–H groups in total. The molecule has 0 saturated carbocycles. The van der Waals surface area contributed by atoms with Gasteiger partial charge in [-0.2, -0.15) is 26.3 Å². The zero-order valence-electron chi connectivity index (χ0n) is 18.2. The Bertz CT molecular complexity index is 1260. The van der Waals surface area contributed by atoms with E-state index in [9.17, 15) is 49.1 Å². The fraction of sp³-hybridized carbons (Fsp3) is 0.381. The van der Waals surface area contributed by atoms with Gasteiger partial charge in [0.05, 0.1) is 16.1 Å². The first kappa shape index (κ1) is 26.6. The number of sulfonamides is 1. The number of carbonyl (C=O) groups is 1. The van der Waals surface area contributed by atoms with E-state index in [4.69, 9.17) is 0 Å². The van der Waals surface area contributed by atoms with Gasteiger partial charge in [-0.3, -0.25) is 4.31 Å². The number of halogens is 7. The number of amides is 1. The van der Waals surface area contributed by atoms with Crippen LogP contribution in [0.3, 0.4) is 0 Å². The van der Waals surface area contributed by atoms with Crippen molar-refractivity contribution in [3.63, 3.8) is 0 Å². The maximum Gasteiger partial charge on any atom is 0.419 e. The molecular formula is C21H18F7N2O4S-. The Balaban J connectivity index is 2.16. The first-order valence-electron chi connectivity index (χ1n) is 9.99. The molecule has 0 saturated heterocycles. The summed E-state index contributed by atoms with van der Waals surface area (Å²) in [6.45, 7) is 0.924. The van der Waals surface area contributed by atoms with E-state index in [0.29, 0.717) is 35.8 Å². The van der Waals surface area contributed by atoms with Crippen LogP contribution in [0.5, 0.6) is 0 Å². The minimum absolute atomic E-state index is 0.0770. The van der Waals surface area contributed by atoms with Crippen molar-refractivity contribution in [3.8, 4) is 0 Å². The molecule has 0 atom stereocenters. The highest BCUT2D eigenvalue weighted by Crippen LogP contribution is 2.41. The lowest BCUT2D eigenvalue weighted by Crippen LogP contribution is -2.60. The van der Waals surface area contributed by atoms with Crippen LogP contribution >= 0.6 is 0 Å². The molecule has 0 spiro atoms. The monoisotopic (exact) mass is 527 g/mol. The second-order valence-electron chi connectivity index (χ2n) is 8.29. The van der Waals surface area contributed by atoms with Gasteiger partial charge in [-0.05, 0) is 62.6 Å². The van der Waals surface area contributed by atoms with Gasteiger partial charge in [0.25, 0.3) is 10.0 Å². The van der Waals surface area contributed by atoms with Gasteiger partial charge in [0.2, 0.25) is 0 Å². The van der Waals surface area contributed by atoms with Crippen LogP contribution in [0.2, 0.25) is 0 Å². The van der Waals surface area contributed by atoms with Crippen molar-refractivity contribution < 1.29 is 49.1 Å². The van der Waals surface area contributed by atoms with E-state index in [1.165, 1.54) is 6.07 Å². The van der Waals surface area contributed by atoms with Crippen molar-refractivity contribution in [2.45, 2.75) is 49.5 Å². The number of anilines is 2. The fourth-order valence-electron chi connectivity index (χ4n) is 3.71. The van der Waals surface area contributed by atoms with Crippen LogP contribution in [-0.2, 0) is 22.6 Å². The van der Waals surface area contributed by atoms with E-state index < -0.39 is 56.0 Å². The summed E-state index contributed by atoms with van der Waals surface area (Å²) in [4.78, 5) is 10.7. The third-order valence-electron chi connectivity index (χ3n) is 5.67. The van der Waals surface area contributed by atoms with Crippen LogP contribution in [0.25, 0.3) is 0 Å². The number of fused-ring (bicyclic) bond motifs is 1. The van der Waals surface area contributed by atoms with Crippen molar-refractivity contribution in [1.82, 2.24) is 0 Å². The topological polar surface area (TPSA) is 80.8 Å². The second kappa shape index (κ2) is 8.57. The smallest absolute Gasteiger partial charge is 0.419 e. The van der Waals surface area contributed by atoms with Gasteiger partial charge in [-0.15, -0.1) is 0 Å². The van der Waals surface area contributed by atoms with Gasteiger partial charge in [0.1, 0.15) is 17.4 Å². The Hall–Kier alpha value is -3.03. The molecule has 6 nitrogen and oxygen atoms in total. The predicted molar refractivity (Wildman–Crippen MR) is 109 cm³/mol. The number of carbonyl (C=O) groups excluding carboxylic acids is 1. The van der Waals surface area contributed by atoms with Crippen LogP contribution in [-0.4, -0.2) is 32.8 Å². The van der Waals surface area contributed by atoms with Crippen LogP contribution in [0.1, 0.15) is 31.4 Å². The van der Waals surface area contributed by atoms with Crippen LogP contribution in [0, 0.1) is 5.82 Å². The standard InChI is InChI=1S/C21H19F7N2O4S/c1-19(2,21(26,27)28)30(18(31)32)13-6-5-12-4-3-9-29(17(12)10-13)35(33,34)14-7-8-16(22)15(11-14)20(23,24)25/h5-8,10-11H,3-4,9H2,1-2H3,(H,31,32)/p-1. The Morgan fingerprint density at radius 1 is 1.03 bits per heavy atom. The summed E-state index contributed by atoms with van der Waals surface area (Å²) in [5.41, 5.74) is -5.22. The van der Waals surface area contributed by atoms with Crippen molar-refractivity contribution in [3.05, 3.63) is 53.3 Å². The number of benzene rings is 2. The molecule has 0 bridgehead atoms. The highest BCUT2D eigenvalue weighted by Gasteiger charge is 2.52. The minimum Gasteiger partial charge on any atom is -0.530 e. The average molecular weight is 527 g/mol. The molecule has 35 heavy (non-hydrogen) atoms. The molecule has 1 aliphatic rings. The summed E-state index contributed by atoms with van der Waals surface area (Å²) in [5.74, 6) is -1.68. The number of nitrogens with zero attached hydrogens (tertiary/aromatic N) is 2. The summed E-state index contributed by atoms with van der Waals surface area (Å²) in [7, 11) is -4.74. The number of hydrogen-bond acceptors (Lipinski definition) is 4. The van der Waals surface area contributed by atoms with E-state index in [1.54, 1.807) is 0 Å². The van der Waals surface area contributed by atoms with E-state index in [1.807, 2.05) is 0 Å². The SMILES string of the molecule is CC(C)(N(C(=O)[O-])c1ccc2c(c1)N(S(=O)(=O)c1ccc(F)c(C(F)(F)F)c1)CCC2)C(F)(F)F. The third kappa shape index (κ3) is 4.75. The summed E-state index contributed by atoms with van der Waals surface area (Å²) < 4.78 is 121. The van der Waals surface area contributed by atoms with Crippen molar-refractivity contribution >= 4 is 27.5 Å². The molecule has 2 aromatic rings. The first-order valence-corrected chi connectivity index (χ1v) is 11.4. The van der Waals surface area contributed by atoms with E-state index in [0.717, 1.165) is 12.1 Å². The van der Waals surface area contributed by atoms with Gasteiger partial charge in [-0.1, -0.05) is 6.07 Å². The Morgan fingerprint density at radius 2 is 1.66 bits per heavy atom. The van der Waals surface area contributed by atoms with E-state index in [-0.39, 0.29) is 36.0 Å². The molecule has 192 valence electrons. The summed E-state index contributed by atoms with van der Waals surface area (Å²) in [6, 6.07) is 4.30. The van der Waals surface area contributed by atoms with Crippen molar-refractivity contribution in [2.24, 2.45) is 0 Å². The molecule has 14 heteroatoms. The largest absolute Gasteiger partial charge is 0.530 e. The summed E-state index contributed by atoms with van der Waals surface area (Å²) >= 11 is 0. The molecule has 0 aromatic heterocycles. The van der Waals surface area contributed by atoms with Crippen LogP contribution < -0.4 is 14.3 Å². The van der Waals surface area contributed by atoms with Gasteiger partial charge in [0, 0.05) is 12.2 Å². The number of rotatable bonds is 4. The minimum atomic E-state index is -5.18. The Labute approximate surface area is 195 Å². The van der Waals surface area contributed by atoms with Gasteiger partial charge < -0.3 is 14.8 Å². The maximum absolute atomic E-state index is 13.7. The molecule has 1 amide bonds.